The molecule has 0 aromatic carbocycles. The highest BCUT2D eigenvalue weighted by molar-refractivity contribution is 4.90. The van der Waals surface area contributed by atoms with E-state index in [0.29, 0.717) is 32.0 Å². The largest absolute Gasteiger partial charge is 0.375 e. The first kappa shape index (κ1) is 24.2. The Hall–Kier alpha value is -0.480. The van der Waals surface area contributed by atoms with Crippen LogP contribution in [-0.2, 0) is 9.47 Å². The topological polar surface area (TPSA) is 18.5 Å². The number of allylic oxidation sites excluding steroid dienone is 2. The molecule has 3 saturated carbocycles. The van der Waals surface area contributed by atoms with Crippen LogP contribution < -0.4 is 0 Å². The van der Waals surface area contributed by atoms with E-state index < -0.39 is 24.6 Å². The van der Waals surface area contributed by atoms with Gasteiger partial charge >= 0.3 is 0 Å². The summed E-state index contributed by atoms with van der Waals surface area (Å²) in [5.41, 5.74) is 0. The Bertz CT molecular complexity index is 495. The molecule has 0 saturated heterocycles. The van der Waals surface area contributed by atoms with E-state index in [0.717, 1.165) is 17.8 Å². The molecule has 3 rings (SSSR count). The average molecular weight is 427 g/mol. The van der Waals surface area contributed by atoms with Crippen LogP contribution in [0.1, 0.15) is 90.9 Å². The smallest absolute Gasteiger partial charge is 0.160 e. The molecule has 4 atom stereocenters. The number of rotatable bonds is 9. The van der Waals surface area contributed by atoms with Crippen LogP contribution in [0.2, 0.25) is 0 Å². The summed E-state index contributed by atoms with van der Waals surface area (Å²) < 4.78 is 39.9. The number of hydrogen-bond acceptors (Lipinski definition) is 2. The van der Waals surface area contributed by atoms with Gasteiger partial charge in [-0.2, -0.15) is 0 Å². The quantitative estimate of drug-likeness (QED) is 0.362. The highest BCUT2D eigenvalue weighted by atomic mass is 19.2. The predicted molar refractivity (Wildman–Crippen MR) is 119 cm³/mol. The molecule has 2 nitrogen and oxygen atoms in total. The van der Waals surface area contributed by atoms with Crippen LogP contribution in [0, 0.1) is 23.7 Å². The van der Waals surface area contributed by atoms with Gasteiger partial charge in [0.25, 0.3) is 0 Å². The second kappa shape index (κ2) is 12.5. The average Bonchev–Trinajstić information content (AvgIpc) is 2.78. The maximum atomic E-state index is 14.4. The maximum Gasteiger partial charge on any atom is 0.160 e. The van der Waals surface area contributed by atoms with Gasteiger partial charge in [0.2, 0.25) is 0 Å². The molecule has 3 fully saturated rings. The van der Waals surface area contributed by atoms with Crippen molar-refractivity contribution >= 4 is 0 Å². The number of ether oxygens (including phenoxy) is 2. The number of alkyl halides is 2. The van der Waals surface area contributed by atoms with Crippen molar-refractivity contribution in [1.82, 2.24) is 0 Å². The molecule has 0 aromatic heterocycles. The summed E-state index contributed by atoms with van der Waals surface area (Å²) in [5.74, 6) is 3.26. The number of hydrogen-bond donors (Lipinski definition) is 0. The van der Waals surface area contributed by atoms with Crippen LogP contribution in [0.4, 0.5) is 8.78 Å². The van der Waals surface area contributed by atoms with Gasteiger partial charge in [0, 0.05) is 13.2 Å². The lowest BCUT2D eigenvalue weighted by Crippen LogP contribution is -2.47. The first-order valence-electron chi connectivity index (χ1n) is 12.7. The second-order valence-corrected chi connectivity index (χ2v) is 10.0. The van der Waals surface area contributed by atoms with E-state index in [1.807, 2.05) is 6.92 Å². The summed E-state index contributed by atoms with van der Waals surface area (Å²) in [5, 5.41) is 0. The van der Waals surface area contributed by atoms with Gasteiger partial charge in [-0.05, 0) is 102 Å². The standard InChI is InChI=1S/C26H44F2O2/c1-3-5-6-7-19-8-12-21(13-9-19)22-14-10-20(11-15-22)18-30-24-17-16-23(29-4-2)25(27)26(24)28/h3,5,19-26H,4,6-18H2,1-2H3/b5-3+. The van der Waals surface area contributed by atoms with Gasteiger partial charge in [-0.1, -0.05) is 25.0 Å². The fourth-order valence-electron chi connectivity index (χ4n) is 6.15. The number of halogens is 2. The van der Waals surface area contributed by atoms with Crippen LogP contribution in [0.25, 0.3) is 0 Å². The summed E-state index contributed by atoms with van der Waals surface area (Å²) in [6.07, 6.45) is 14.6. The molecule has 0 bridgehead atoms. The lowest BCUT2D eigenvalue weighted by Gasteiger charge is -2.39. The summed E-state index contributed by atoms with van der Waals surface area (Å²) >= 11 is 0. The minimum atomic E-state index is -1.55. The third-order valence-electron chi connectivity index (χ3n) is 8.10. The fourth-order valence-corrected chi connectivity index (χ4v) is 6.15. The van der Waals surface area contributed by atoms with Crippen LogP contribution in [0.15, 0.2) is 12.2 Å². The summed E-state index contributed by atoms with van der Waals surface area (Å²) in [4.78, 5) is 0. The van der Waals surface area contributed by atoms with Crippen LogP contribution in [0.3, 0.4) is 0 Å². The highest BCUT2D eigenvalue weighted by Crippen LogP contribution is 2.42. The Morgan fingerprint density at radius 3 is 1.80 bits per heavy atom. The van der Waals surface area contributed by atoms with E-state index in [2.05, 4.69) is 19.1 Å². The molecular weight excluding hydrogens is 382 g/mol. The van der Waals surface area contributed by atoms with Crippen LogP contribution in [0.5, 0.6) is 0 Å². The molecule has 0 radical (unpaired) electrons. The molecule has 4 heteroatoms. The van der Waals surface area contributed by atoms with Gasteiger partial charge < -0.3 is 9.47 Å². The van der Waals surface area contributed by atoms with Gasteiger partial charge in [-0.15, -0.1) is 0 Å². The Morgan fingerprint density at radius 2 is 1.27 bits per heavy atom. The third kappa shape index (κ3) is 6.76. The van der Waals surface area contributed by atoms with Crippen molar-refractivity contribution in [1.29, 1.82) is 0 Å². The van der Waals surface area contributed by atoms with Crippen molar-refractivity contribution in [3.63, 3.8) is 0 Å². The zero-order valence-corrected chi connectivity index (χ0v) is 19.2. The molecule has 3 aliphatic carbocycles. The molecular formula is C26H44F2O2. The molecule has 0 aromatic rings. The first-order valence-corrected chi connectivity index (χ1v) is 12.7. The molecule has 0 aliphatic heterocycles. The van der Waals surface area contributed by atoms with E-state index in [4.69, 9.17) is 9.47 Å². The molecule has 30 heavy (non-hydrogen) atoms. The maximum absolute atomic E-state index is 14.4. The van der Waals surface area contributed by atoms with E-state index in [1.54, 1.807) is 0 Å². The van der Waals surface area contributed by atoms with Gasteiger partial charge in [0.1, 0.15) is 0 Å². The predicted octanol–water partition coefficient (Wildman–Crippen LogP) is 7.22. The van der Waals surface area contributed by atoms with Crippen molar-refractivity contribution < 1.29 is 18.3 Å². The zero-order chi connectivity index (χ0) is 21.3. The summed E-state index contributed by atoms with van der Waals surface area (Å²) in [6.45, 7) is 4.97. The summed E-state index contributed by atoms with van der Waals surface area (Å²) in [7, 11) is 0. The van der Waals surface area contributed by atoms with E-state index in [1.165, 1.54) is 64.2 Å². The monoisotopic (exact) mass is 426 g/mol. The van der Waals surface area contributed by atoms with Crippen molar-refractivity contribution in [3.8, 4) is 0 Å². The fraction of sp³-hybridized carbons (Fsp3) is 0.923. The molecule has 3 aliphatic rings. The Balaban J connectivity index is 1.32. The highest BCUT2D eigenvalue weighted by Gasteiger charge is 2.42. The van der Waals surface area contributed by atoms with Gasteiger partial charge in [0.05, 0.1) is 12.2 Å². The van der Waals surface area contributed by atoms with Crippen molar-refractivity contribution in [2.75, 3.05) is 13.2 Å². The normalized spacial score (nSPS) is 40.7. The molecule has 0 spiro atoms. The minimum Gasteiger partial charge on any atom is -0.375 e. The van der Waals surface area contributed by atoms with Gasteiger partial charge in [-0.3, -0.25) is 0 Å². The lowest BCUT2D eigenvalue weighted by atomic mass is 9.69. The van der Waals surface area contributed by atoms with E-state index in [9.17, 15) is 8.78 Å². The van der Waals surface area contributed by atoms with Crippen molar-refractivity contribution in [3.05, 3.63) is 12.2 Å². The molecule has 0 N–H and O–H groups in total. The Morgan fingerprint density at radius 1 is 0.733 bits per heavy atom. The van der Waals surface area contributed by atoms with Gasteiger partial charge in [0.15, 0.2) is 12.3 Å². The van der Waals surface area contributed by atoms with E-state index >= 15 is 0 Å². The SMILES string of the molecule is C/C=C/CCC1CCC(C2CCC(COC3CCC(OCC)C(F)C3F)CC2)CC1. The van der Waals surface area contributed by atoms with Crippen molar-refractivity contribution in [2.24, 2.45) is 23.7 Å². The molecule has 4 unspecified atom stereocenters. The second-order valence-electron chi connectivity index (χ2n) is 10.0. The molecule has 174 valence electrons. The van der Waals surface area contributed by atoms with Crippen LogP contribution in [-0.4, -0.2) is 37.8 Å². The molecule has 0 amide bonds. The van der Waals surface area contributed by atoms with Crippen molar-refractivity contribution in [2.45, 2.75) is 115 Å². The van der Waals surface area contributed by atoms with E-state index in [-0.39, 0.29) is 0 Å². The lowest BCUT2D eigenvalue weighted by molar-refractivity contribution is -0.122. The molecule has 0 heterocycles. The third-order valence-corrected chi connectivity index (χ3v) is 8.10. The Labute approximate surface area is 183 Å². The van der Waals surface area contributed by atoms with Crippen LogP contribution >= 0.6 is 0 Å². The Kier molecular flexibility index (Phi) is 10.1. The minimum absolute atomic E-state index is 0.435. The zero-order valence-electron chi connectivity index (χ0n) is 19.2. The van der Waals surface area contributed by atoms with Gasteiger partial charge in [-0.25, -0.2) is 8.78 Å². The summed E-state index contributed by atoms with van der Waals surface area (Å²) in [6, 6.07) is 0. The first-order chi connectivity index (χ1) is 14.6.